The van der Waals surface area contributed by atoms with E-state index in [2.05, 4.69) is 14.9 Å². The zero-order valence-electron chi connectivity index (χ0n) is 20.6. The maximum absolute atomic E-state index is 13.7. The Morgan fingerprint density at radius 3 is 2.33 bits per heavy atom. The molecule has 10 heteroatoms. The summed E-state index contributed by atoms with van der Waals surface area (Å²) < 4.78 is 42.3. The van der Waals surface area contributed by atoms with E-state index in [1.165, 1.54) is 36.0 Å². The van der Waals surface area contributed by atoms with Crippen molar-refractivity contribution in [3.05, 3.63) is 47.3 Å². The highest BCUT2D eigenvalue weighted by Crippen LogP contribution is 2.41. The number of nitrogens with zero attached hydrogens (tertiary/aromatic N) is 5. The van der Waals surface area contributed by atoms with Gasteiger partial charge in [-0.2, -0.15) is 23.0 Å². The topological polar surface area (TPSA) is 61.7 Å². The van der Waals surface area contributed by atoms with Crippen molar-refractivity contribution in [3.63, 3.8) is 0 Å². The van der Waals surface area contributed by atoms with Crippen molar-refractivity contribution >= 4 is 17.5 Å². The van der Waals surface area contributed by atoms with Gasteiger partial charge in [-0.1, -0.05) is 0 Å². The minimum Gasteiger partial charge on any atom is -0.372 e. The van der Waals surface area contributed by atoms with E-state index >= 15 is 0 Å². The predicted octanol–water partition coefficient (Wildman–Crippen LogP) is 4.80. The van der Waals surface area contributed by atoms with Crippen LogP contribution >= 0.6 is 0 Å². The Hall–Kier alpha value is -2.88. The average Bonchev–Trinajstić information content (AvgIpc) is 3.61. The number of carbonyl (C=O) groups excluding carboxylic acids is 2. The largest absolute Gasteiger partial charge is 0.416 e. The number of benzene rings is 1. The smallest absolute Gasteiger partial charge is 0.372 e. The van der Waals surface area contributed by atoms with E-state index in [4.69, 9.17) is 0 Å². The average molecular weight is 504 g/mol. The molecule has 3 aliphatic heterocycles. The molecule has 3 fully saturated rings. The Morgan fingerprint density at radius 1 is 0.972 bits per heavy atom. The number of amides is 1. The summed E-state index contributed by atoms with van der Waals surface area (Å²) in [6.45, 7) is 5.41. The molecule has 0 aliphatic carbocycles. The predicted molar refractivity (Wildman–Crippen MR) is 129 cm³/mol. The zero-order chi connectivity index (χ0) is 25.5. The van der Waals surface area contributed by atoms with Crippen LogP contribution in [0.1, 0.15) is 67.1 Å². The summed E-state index contributed by atoms with van der Waals surface area (Å²) >= 11 is 0. The lowest BCUT2D eigenvalue weighted by molar-refractivity contribution is -0.137. The molecule has 3 aliphatic rings. The Bertz CT molecular complexity index is 1130. The van der Waals surface area contributed by atoms with Crippen LogP contribution in [0.3, 0.4) is 0 Å². The summed E-state index contributed by atoms with van der Waals surface area (Å²) in [4.78, 5) is 30.5. The van der Waals surface area contributed by atoms with Crippen molar-refractivity contribution in [2.24, 2.45) is 0 Å². The van der Waals surface area contributed by atoms with Gasteiger partial charge in [0.1, 0.15) is 5.69 Å². The van der Waals surface area contributed by atoms with Crippen LogP contribution in [0.5, 0.6) is 0 Å². The molecular formula is C26H32F3N5O2. The van der Waals surface area contributed by atoms with Gasteiger partial charge in [0.25, 0.3) is 0 Å². The fourth-order valence-electron chi connectivity index (χ4n) is 5.99. The van der Waals surface area contributed by atoms with Crippen LogP contribution in [-0.2, 0) is 12.7 Å². The molecule has 0 atom stereocenters. The lowest BCUT2D eigenvalue weighted by atomic mass is 9.84. The monoisotopic (exact) mass is 503 g/mol. The van der Waals surface area contributed by atoms with Crippen LogP contribution < -0.4 is 4.90 Å². The second kappa shape index (κ2) is 9.53. The lowest BCUT2D eigenvalue weighted by Crippen LogP contribution is -2.53. The molecule has 36 heavy (non-hydrogen) atoms. The first-order chi connectivity index (χ1) is 17.1. The quantitative estimate of drug-likeness (QED) is 0.561. The van der Waals surface area contributed by atoms with E-state index in [9.17, 15) is 22.8 Å². The second-order valence-electron chi connectivity index (χ2n) is 10.3. The van der Waals surface area contributed by atoms with Crippen LogP contribution in [0, 0.1) is 0 Å². The first kappa shape index (κ1) is 24.8. The van der Waals surface area contributed by atoms with Crippen molar-refractivity contribution in [3.8, 4) is 0 Å². The van der Waals surface area contributed by atoms with Crippen LogP contribution in [-0.4, -0.2) is 69.7 Å². The van der Waals surface area contributed by atoms with Gasteiger partial charge in [0.15, 0.2) is 5.78 Å². The summed E-state index contributed by atoms with van der Waals surface area (Å²) in [5, 5.41) is 4.08. The normalized spacial score (nSPS) is 20.4. The molecule has 5 rings (SSSR count). The van der Waals surface area contributed by atoms with E-state index in [1.54, 1.807) is 4.90 Å². The first-order valence-corrected chi connectivity index (χ1v) is 12.7. The molecule has 194 valence electrons. The highest BCUT2D eigenvalue weighted by molar-refractivity contribution is 5.92. The molecule has 4 heterocycles. The molecule has 0 unspecified atom stereocenters. The minimum absolute atomic E-state index is 0.118. The SMILES string of the molecule is CC(=O)c1ccn(C(=O)N2CCC3(CCCN3Cc3cc(N4CCCC4)cc(C(F)(F)F)c3)CC2)n1. The number of ketones is 1. The molecule has 7 nitrogen and oxygen atoms in total. The Labute approximate surface area is 208 Å². The van der Waals surface area contributed by atoms with E-state index in [0.29, 0.717) is 30.9 Å². The molecule has 0 bridgehead atoms. The summed E-state index contributed by atoms with van der Waals surface area (Å²) in [7, 11) is 0. The lowest BCUT2D eigenvalue weighted by Gasteiger charge is -2.45. The Balaban J connectivity index is 1.30. The number of piperidine rings is 1. The van der Waals surface area contributed by atoms with Crippen molar-refractivity contribution in [2.45, 2.75) is 63.7 Å². The first-order valence-electron chi connectivity index (χ1n) is 12.7. The molecule has 2 aromatic rings. The third kappa shape index (κ3) is 4.87. The van der Waals surface area contributed by atoms with E-state index < -0.39 is 11.7 Å². The number of hydrogen-bond acceptors (Lipinski definition) is 5. The van der Waals surface area contributed by atoms with Gasteiger partial charge in [-0.3, -0.25) is 9.69 Å². The molecular weight excluding hydrogens is 471 g/mol. The van der Waals surface area contributed by atoms with Gasteiger partial charge >= 0.3 is 12.2 Å². The number of Topliss-reactive ketones (excluding diaryl/α,β-unsaturated/α-hetero) is 1. The maximum atomic E-state index is 13.7. The molecule has 0 radical (unpaired) electrons. The fourth-order valence-corrected chi connectivity index (χ4v) is 5.99. The van der Waals surface area contributed by atoms with Crippen molar-refractivity contribution in [1.29, 1.82) is 0 Å². The third-order valence-corrected chi connectivity index (χ3v) is 8.00. The Morgan fingerprint density at radius 2 is 1.69 bits per heavy atom. The van der Waals surface area contributed by atoms with Gasteiger partial charge in [0, 0.05) is 57.1 Å². The van der Waals surface area contributed by atoms with Crippen molar-refractivity contribution in [1.82, 2.24) is 19.6 Å². The minimum atomic E-state index is -4.38. The summed E-state index contributed by atoms with van der Waals surface area (Å²) in [5.74, 6) is -0.191. The number of anilines is 1. The molecule has 1 aromatic heterocycles. The van der Waals surface area contributed by atoms with Crippen molar-refractivity contribution in [2.75, 3.05) is 37.6 Å². The third-order valence-electron chi connectivity index (χ3n) is 8.00. The van der Waals surface area contributed by atoms with Gasteiger partial charge in [-0.05, 0) is 74.9 Å². The van der Waals surface area contributed by atoms with Crippen LogP contribution in [0.15, 0.2) is 30.5 Å². The highest BCUT2D eigenvalue weighted by Gasteiger charge is 2.44. The number of halogens is 3. The zero-order valence-corrected chi connectivity index (χ0v) is 20.6. The fraction of sp³-hybridized carbons (Fsp3) is 0.577. The van der Waals surface area contributed by atoms with Gasteiger partial charge in [-0.15, -0.1) is 0 Å². The summed E-state index contributed by atoms with van der Waals surface area (Å²) in [5.41, 5.74) is 0.913. The number of carbonyl (C=O) groups is 2. The summed E-state index contributed by atoms with van der Waals surface area (Å²) in [6, 6.07) is 5.79. The van der Waals surface area contributed by atoms with Gasteiger partial charge < -0.3 is 9.80 Å². The van der Waals surface area contributed by atoms with Crippen LogP contribution in [0.4, 0.5) is 23.7 Å². The number of likely N-dealkylation sites (tertiary alicyclic amines) is 2. The Kier molecular flexibility index (Phi) is 6.57. The molecule has 0 N–H and O–H groups in total. The number of rotatable bonds is 4. The number of aromatic nitrogens is 2. The van der Waals surface area contributed by atoms with E-state index in [1.807, 2.05) is 6.07 Å². The van der Waals surface area contributed by atoms with Gasteiger partial charge in [0.2, 0.25) is 0 Å². The van der Waals surface area contributed by atoms with Gasteiger partial charge in [-0.25, -0.2) is 4.79 Å². The molecule has 1 spiro atoms. The number of alkyl halides is 3. The maximum Gasteiger partial charge on any atom is 0.416 e. The van der Waals surface area contributed by atoms with E-state index in [-0.39, 0.29) is 23.0 Å². The molecule has 3 saturated heterocycles. The van der Waals surface area contributed by atoms with Gasteiger partial charge in [0.05, 0.1) is 5.56 Å². The molecule has 1 aromatic carbocycles. The van der Waals surface area contributed by atoms with Crippen LogP contribution in [0.2, 0.25) is 0 Å². The second-order valence-corrected chi connectivity index (χ2v) is 10.3. The molecule has 0 saturated carbocycles. The highest BCUT2D eigenvalue weighted by atomic mass is 19.4. The number of hydrogen-bond donors (Lipinski definition) is 0. The summed E-state index contributed by atoms with van der Waals surface area (Å²) in [6.07, 6.45) is 2.63. The standard InChI is InChI=1S/C26H32F3N5O2/c1-19(35)23-5-12-34(30-23)24(36)32-13-7-25(8-14-32)6-4-11-33(25)18-20-15-21(26(27,28)29)17-22(16-20)31-9-2-3-10-31/h5,12,15-17H,2-4,6-11,13-14,18H2,1H3. The van der Waals surface area contributed by atoms with Crippen molar-refractivity contribution < 1.29 is 22.8 Å². The van der Waals surface area contributed by atoms with E-state index in [0.717, 1.165) is 58.2 Å². The van der Waals surface area contributed by atoms with Crippen LogP contribution in [0.25, 0.3) is 0 Å². The molecule has 1 amide bonds.